The minimum absolute atomic E-state index is 0.0910. The van der Waals surface area contributed by atoms with Crippen LogP contribution in [0.2, 0.25) is 0 Å². The molecule has 0 atom stereocenters. The average molecular weight is 361 g/mol. The van der Waals surface area contributed by atoms with Crippen LogP contribution in [0.15, 0.2) is 35.6 Å². The molecule has 2 aromatic rings. The first-order valence-corrected chi connectivity index (χ1v) is 7.69. The van der Waals surface area contributed by atoms with Crippen molar-refractivity contribution in [3.8, 4) is 5.75 Å². The summed E-state index contributed by atoms with van der Waals surface area (Å²) in [5.41, 5.74) is 4.05. The first-order chi connectivity index (χ1) is 12.5. The van der Waals surface area contributed by atoms with Crippen molar-refractivity contribution in [1.82, 2.24) is 15.2 Å². The van der Waals surface area contributed by atoms with Crippen LogP contribution in [-0.2, 0) is 22.7 Å². The monoisotopic (exact) mass is 361 g/mol. The molecule has 0 aliphatic heterocycles. The van der Waals surface area contributed by atoms with E-state index < -0.39 is 4.92 Å². The molecule has 0 unspecified atom stereocenters. The number of hydrazone groups is 1. The second-order valence-corrected chi connectivity index (χ2v) is 5.24. The van der Waals surface area contributed by atoms with Crippen LogP contribution in [0, 0.1) is 10.1 Å². The van der Waals surface area contributed by atoms with Crippen molar-refractivity contribution in [2.75, 3.05) is 14.2 Å². The Balaban J connectivity index is 1.86. The zero-order chi connectivity index (χ0) is 18.9. The quantitative estimate of drug-likeness (QED) is 0.410. The lowest BCUT2D eigenvalue weighted by atomic mass is 10.1. The van der Waals surface area contributed by atoms with Gasteiger partial charge in [-0.15, -0.1) is 0 Å². The van der Waals surface area contributed by atoms with E-state index in [1.54, 1.807) is 26.4 Å². The van der Waals surface area contributed by atoms with Crippen LogP contribution < -0.4 is 10.2 Å². The molecule has 0 fully saturated rings. The topological polar surface area (TPSA) is 121 Å². The number of aromatic nitrogens is 2. The van der Waals surface area contributed by atoms with E-state index >= 15 is 0 Å². The van der Waals surface area contributed by atoms with E-state index in [0.29, 0.717) is 12.4 Å². The number of nitrogens with one attached hydrogen (secondary N) is 1. The summed E-state index contributed by atoms with van der Waals surface area (Å²) in [6, 6.07) is 6.72. The van der Waals surface area contributed by atoms with E-state index in [1.807, 2.05) is 6.07 Å². The summed E-state index contributed by atoms with van der Waals surface area (Å²) >= 11 is 0. The molecule has 10 nitrogen and oxygen atoms in total. The van der Waals surface area contributed by atoms with Gasteiger partial charge in [-0.1, -0.05) is 0 Å². The van der Waals surface area contributed by atoms with E-state index in [-0.39, 0.29) is 24.7 Å². The summed E-state index contributed by atoms with van der Waals surface area (Å²) < 4.78 is 11.7. The van der Waals surface area contributed by atoms with Crippen molar-refractivity contribution in [1.29, 1.82) is 0 Å². The van der Waals surface area contributed by atoms with Crippen LogP contribution in [-0.4, -0.2) is 41.0 Å². The summed E-state index contributed by atoms with van der Waals surface area (Å²) in [5.74, 6) is 0.126. The van der Waals surface area contributed by atoms with Gasteiger partial charge in [0.15, 0.2) is 0 Å². The van der Waals surface area contributed by atoms with Crippen molar-refractivity contribution in [3.05, 3.63) is 51.7 Å². The number of nitro groups is 1. The molecule has 1 aromatic heterocycles. The Kier molecular flexibility index (Phi) is 6.80. The molecule has 10 heteroatoms. The van der Waals surface area contributed by atoms with E-state index in [2.05, 4.69) is 15.6 Å². The lowest BCUT2D eigenvalue weighted by Gasteiger charge is -2.08. The number of methoxy groups -OCH3 is 2. The van der Waals surface area contributed by atoms with Gasteiger partial charge in [0.05, 0.1) is 43.8 Å². The minimum atomic E-state index is -0.590. The van der Waals surface area contributed by atoms with Gasteiger partial charge in [-0.2, -0.15) is 9.78 Å². The maximum absolute atomic E-state index is 11.8. The number of carbonyl (C=O) groups is 1. The highest BCUT2D eigenvalue weighted by Gasteiger charge is 2.11. The van der Waals surface area contributed by atoms with Crippen molar-refractivity contribution >= 4 is 17.9 Å². The van der Waals surface area contributed by atoms with Crippen LogP contribution in [0.5, 0.6) is 5.75 Å². The number of nitrogens with zero attached hydrogens (tertiary/aromatic N) is 4. The third kappa shape index (κ3) is 5.38. The number of carbonyl (C=O) groups excluding carboxylic acids is 1. The normalized spacial score (nSPS) is 10.8. The molecule has 26 heavy (non-hydrogen) atoms. The second kappa shape index (κ2) is 9.28. The maximum atomic E-state index is 11.8. The number of benzene rings is 1. The maximum Gasteiger partial charge on any atom is 0.389 e. The smallest absolute Gasteiger partial charge is 0.389 e. The van der Waals surface area contributed by atoms with Crippen molar-refractivity contribution in [2.45, 2.75) is 19.6 Å². The van der Waals surface area contributed by atoms with E-state index in [1.165, 1.54) is 23.2 Å². The molecule has 1 heterocycles. The molecule has 0 saturated carbocycles. The SMILES string of the molecule is COCc1cc(/C=N/NC(=O)CCn2ccc([N+](=O)[O-])n2)ccc1OC. The lowest BCUT2D eigenvalue weighted by Crippen LogP contribution is -2.19. The summed E-state index contributed by atoms with van der Waals surface area (Å²) in [4.78, 5) is 21.7. The van der Waals surface area contributed by atoms with Gasteiger partial charge in [0.25, 0.3) is 0 Å². The highest BCUT2D eigenvalue weighted by Crippen LogP contribution is 2.19. The minimum Gasteiger partial charge on any atom is -0.496 e. The van der Waals surface area contributed by atoms with Gasteiger partial charge in [-0.05, 0) is 28.7 Å². The van der Waals surface area contributed by atoms with Gasteiger partial charge in [-0.25, -0.2) is 5.43 Å². The molecule has 1 aromatic carbocycles. The number of hydrogen-bond acceptors (Lipinski definition) is 7. The van der Waals surface area contributed by atoms with Gasteiger partial charge in [-0.3, -0.25) is 4.79 Å². The fourth-order valence-corrected chi connectivity index (χ4v) is 2.17. The first-order valence-electron chi connectivity index (χ1n) is 7.69. The fraction of sp³-hybridized carbons (Fsp3) is 0.312. The largest absolute Gasteiger partial charge is 0.496 e. The fourth-order valence-electron chi connectivity index (χ4n) is 2.17. The third-order valence-electron chi connectivity index (χ3n) is 3.39. The predicted octanol–water partition coefficient (Wildman–Crippen LogP) is 1.49. The molecule has 0 aliphatic carbocycles. The van der Waals surface area contributed by atoms with Gasteiger partial charge in [0, 0.05) is 19.1 Å². The van der Waals surface area contributed by atoms with E-state index in [0.717, 1.165) is 11.1 Å². The molecule has 0 radical (unpaired) electrons. The van der Waals surface area contributed by atoms with Gasteiger partial charge >= 0.3 is 5.82 Å². The van der Waals surface area contributed by atoms with Gasteiger partial charge in [0.1, 0.15) is 5.75 Å². The molecule has 1 N–H and O–H groups in total. The van der Waals surface area contributed by atoms with Crippen molar-refractivity contribution in [2.24, 2.45) is 5.10 Å². The first kappa shape index (κ1) is 19.1. The number of ether oxygens (including phenoxy) is 2. The van der Waals surface area contributed by atoms with Crippen molar-refractivity contribution < 1.29 is 19.2 Å². The molecular formula is C16H19N5O5. The van der Waals surface area contributed by atoms with Gasteiger partial charge < -0.3 is 19.6 Å². The summed E-state index contributed by atoms with van der Waals surface area (Å²) in [6.07, 6.45) is 3.05. The Morgan fingerprint density at radius 1 is 1.42 bits per heavy atom. The lowest BCUT2D eigenvalue weighted by molar-refractivity contribution is -0.389. The van der Waals surface area contributed by atoms with Crippen LogP contribution in [0.4, 0.5) is 5.82 Å². The van der Waals surface area contributed by atoms with Crippen LogP contribution >= 0.6 is 0 Å². The molecule has 0 spiro atoms. The van der Waals surface area contributed by atoms with E-state index in [9.17, 15) is 14.9 Å². The molecular weight excluding hydrogens is 342 g/mol. The van der Waals surface area contributed by atoms with Crippen LogP contribution in [0.1, 0.15) is 17.5 Å². The molecule has 138 valence electrons. The van der Waals surface area contributed by atoms with Gasteiger partial charge in [0.2, 0.25) is 5.91 Å². The highest BCUT2D eigenvalue weighted by atomic mass is 16.6. The average Bonchev–Trinajstić information content (AvgIpc) is 3.10. The molecule has 0 saturated heterocycles. The van der Waals surface area contributed by atoms with Crippen molar-refractivity contribution in [3.63, 3.8) is 0 Å². The summed E-state index contributed by atoms with van der Waals surface area (Å²) in [5, 5.41) is 18.2. The zero-order valence-electron chi connectivity index (χ0n) is 14.4. The Hall–Kier alpha value is -3.27. The Morgan fingerprint density at radius 2 is 2.23 bits per heavy atom. The number of amides is 1. The number of aryl methyl sites for hydroxylation is 1. The third-order valence-corrected chi connectivity index (χ3v) is 3.39. The van der Waals surface area contributed by atoms with Crippen LogP contribution in [0.3, 0.4) is 0 Å². The molecule has 0 bridgehead atoms. The number of hydrogen-bond donors (Lipinski definition) is 1. The summed E-state index contributed by atoms with van der Waals surface area (Å²) in [7, 11) is 3.17. The summed E-state index contributed by atoms with van der Waals surface area (Å²) in [6.45, 7) is 0.614. The zero-order valence-corrected chi connectivity index (χ0v) is 14.4. The molecule has 0 aliphatic rings. The number of rotatable bonds is 9. The highest BCUT2D eigenvalue weighted by molar-refractivity contribution is 5.82. The molecule has 1 amide bonds. The van der Waals surface area contributed by atoms with Crippen LogP contribution in [0.25, 0.3) is 0 Å². The Labute approximate surface area is 149 Å². The second-order valence-electron chi connectivity index (χ2n) is 5.24. The Morgan fingerprint density at radius 3 is 2.88 bits per heavy atom. The Bertz CT molecular complexity index is 802. The standard InChI is InChI=1S/C16H19N5O5/c1-25-11-13-9-12(3-4-14(13)26-2)10-17-18-16(22)6-8-20-7-5-15(19-20)21(23)24/h3-5,7,9-10H,6,8,11H2,1-2H3,(H,18,22)/b17-10+. The molecule has 2 rings (SSSR count). The van der Waals surface area contributed by atoms with E-state index in [4.69, 9.17) is 9.47 Å². The predicted molar refractivity (Wildman–Crippen MR) is 92.9 cm³/mol.